The van der Waals surface area contributed by atoms with Crippen molar-refractivity contribution >= 4 is 5.91 Å². The zero-order chi connectivity index (χ0) is 17.2. The number of hydrogen-bond acceptors (Lipinski definition) is 3. The first-order valence-electron chi connectivity index (χ1n) is 7.90. The van der Waals surface area contributed by atoms with Gasteiger partial charge in [-0.05, 0) is 55.7 Å². The number of carbonyl (C=O) groups is 1. The number of carbonyl (C=O) groups excluding carboxylic acids is 1. The van der Waals surface area contributed by atoms with Crippen LogP contribution in [-0.2, 0) is 16.6 Å². The van der Waals surface area contributed by atoms with E-state index in [1.807, 2.05) is 32.0 Å². The molecule has 3 rings (SSSR count). The van der Waals surface area contributed by atoms with Crippen LogP contribution in [0.3, 0.4) is 0 Å². The molecule has 2 aromatic rings. The molecule has 0 radical (unpaired) electrons. The molecule has 4 nitrogen and oxygen atoms in total. The summed E-state index contributed by atoms with van der Waals surface area (Å²) >= 11 is 0. The second-order valence-corrected chi connectivity index (χ2v) is 6.33. The van der Waals surface area contributed by atoms with Crippen molar-refractivity contribution in [2.75, 3.05) is 13.3 Å². The maximum Gasteiger partial charge on any atom is 0.231 e. The van der Waals surface area contributed by atoms with E-state index < -0.39 is 5.41 Å². The van der Waals surface area contributed by atoms with Gasteiger partial charge in [-0.2, -0.15) is 0 Å². The molecule has 126 valence electrons. The third-order valence-corrected chi connectivity index (χ3v) is 4.27. The van der Waals surface area contributed by atoms with E-state index in [1.165, 1.54) is 12.1 Å². The molecule has 5 heteroatoms. The van der Waals surface area contributed by atoms with Crippen LogP contribution in [0.1, 0.15) is 25.0 Å². The van der Waals surface area contributed by atoms with Gasteiger partial charge in [0, 0.05) is 6.54 Å². The summed E-state index contributed by atoms with van der Waals surface area (Å²) in [6, 6.07) is 11.9. The summed E-state index contributed by atoms with van der Waals surface area (Å²) in [7, 11) is 0. The van der Waals surface area contributed by atoms with Gasteiger partial charge in [-0.15, -0.1) is 0 Å². The predicted molar refractivity (Wildman–Crippen MR) is 88.7 cm³/mol. The van der Waals surface area contributed by atoms with Crippen molar-refractivity contribution in [3.05, 3.63) is 59.4 Å². The Morgan fingerprint density at radius 2 is 1.83 bits per heavy atom. The van der Waals surface area contributed by atoms with E-state index in [-0.39, 0.29) is 18.5 Å². The second-order valence-electron chi connectivity index (χ2n) is 6.33. The standard InChI is InChI=1S/C19H20FNO3/c1-19(2,14-5-8-16-17(11-14)24-12-23-16)18(22)21-10-9-13-3-6-15(20)7-4-13/h3-8,11H,9-10,12H2,1-2H3,(H,21,22). The molecule has 2 aromatic carbocycles. The van der Waals surface area contributed by atoms with E-state index in [0.717, 1.165) is 11.1 Å². The van der Waals surface area contributed by atoms with Crippen molar-refractivity contribution in [1.29, 1.82) is 0 Å². The van der Waals surface area contributed by atoms with Gasteiger partial charge in [0.15, 0.2) is 11.5 Å². The van der Waals surface area contributed by atoms with Crippen molar-refractivity contribution in [2.24, 2.45) is 0 Å². The summed E-state index contributed by atoms with van der Waals surface area (Å²) in [6.07, 6.45) is 0.656. The number of fused-ring (bicyclic) bond motifs is 1. The Kier molecular flexibility index (Phi) is 4.42. The summed E-state index contributed by atoms with van der Waals surface area (Å²) in [6.45, 7) is 4.46. The van der Waals surface area contributed by atoms with Crippen LogP contribution in [0, 0.1) is 5.82 Å². The van der Waals surface area contributed by atoms with Gasteiger partial charge < -0.3 is 14.8 Å². The van der Waals surface area contributed by atoms with E-state index in [9.17, 15) is 9.18 Å². The van der Waals surface area contributed by atoms with Gasteiger partial charge in [-0.3, -0.25) is 4.79 Å². The van der Waals surface area contributed by atoms with E-state index in [4.69, 9.17) is 9.47 Å². The molecule has 1 N–H and O–H groups in total. The van der Waals surface area contributed by atoms with Crippen LogP contribution in [0.15, 0.2) is 42.5 Å². The molecule has 1 aliphatic rings. The largest absolute Gasteiger partial charge is 0.454 e. The minimum absolute atomic E-state index is 0.0662. The number of hydrogen-bond donors (Lipinski definition) is 1. The van der Waals surface area contributed by atoms with E-state index in [2.05, 4.69) is 5.32 Å². The first kappa shape index (κ1) is 16.3. The van der Waals surface area contributed by atoms with Crippen LogP contribution < -0.4 is 14.8 Å². The van der Waals surface area contributed by atoms with Gasteiger partial charge >= 0.3 is 0 Å². The van der Waals surface area contributed by atoms with Crippen molar-refractivity contribution < 1.29 is 18.7 Å². The van der Waals surface area contributed by atoms with Crippen molar-refractivity contribution in [3.63, 3.8) is 0 Å². The molecule has 1 amide bonds. The van der Waals surface area contributed by atoms with Crippen LogP contribution in [0.4, 0.5) is 4.39 Å². The zero-order valence-electron chi connectivity index (χ0n) is 13.8. The Hall–Kier alpha value is -2.56. The van der Waals surface area contributed by atoms with Gasteiger partial charge in [0.05, 0.1) is 5.41 Å². The third kappa shape index (κ3) is 3.35. The van der Waals surface area contributed by atoms with Crippen molar-refractivity contribution in [3.8, 4) is 11.5 Å². The molecule has 0 saturated carbocycles. The van der Waals surface area contributed by atoms with Crippen LogP contribution in [-0.4, -0.2) is 19.2 Å². The lowest BCUT2D eigenvalue weighted by atomic mass is 9.83. The molecule has 0 atom stereocenters. The number of rotatable bonds is 5. The Balaban J connectivity index is 1.61. The lowest BCUT2D eigenvalue weighted by Crippen LogP contribution is -2.40. The average molecular weight is 329 g/mol. The summed E-state index contributed by atoms with van der Waals surface area (Å²) in [5, 5.41) is 2.95. The molecular formula is C19H20FNO3. The molecule has 0 bridgehead atoms. The molecule has 1 heterocycles. The highest BCUT2D eigenvalue weighted by Gasteiger charge is 2.31. The topological polar surface area (TPSA) is 47.6 Å². The highest BCUT2D eigenvalue weighted by Crippen LogP contribution is 2.36. The fourth-order valence-corrected chi connectivity index (χ4v) is 2.61. The number of ether oxygens (including phenoxy) is 2. The van der Waals surface area contributed by atoms with E-state index in [0.29, 0.717) is 24.5 Å². The maximum atomic E-state index is 12.9. The lowest BCUT2D eigenvalue weighted by molar-refractivity contribution is -0.125. The minimum atomic E-state index is -0.691. The Bertz CT molecular complexity index is 741. The Labute approximate surface area is 140 Å². The van der Waals surface area contributed by atoms with Crippen LogP contribution in [0.25, 0.3) is 0 Å². The third-order valence-electron chi connectivity index (χ3n) is 4.27. The first-order chi connectivity index (χ1) is 11.5. The monoisotopic (exact) mass is 329 g/mol. The fourth-order valence-electron chi connectivity index (χ4n) is 2.61. The summed E-state index contributed by atoms with van der Waals surface area (Å²) < 4.78 is 23.6. The van der Waals surface area contributed by atoms with Gasteiger partial charge in [0.2, 0.25) is 12.7 Å². The minimum Gasteiger partial charge on any atom is -0.454 e. The van der Waals surface area contributed by atoms with Crippen LogP contribution in [0.2, 0.25) is 0 Å². The fraction of sp³-hybridized carbons (Fsp3) is 0.316. The normalized spacial score (nSPS) is 13.0. The predicted octanol–water partition coefficient (Wildman–Crippen LogP) is 3.19. The first-order valence-corrected chi connectivity index (χ1v) is 7.90. The van der Waals surface area contributed by atoms with Gasteiger partial charge in [0.1, 0.15) is 5.82 Å². The Morgan fingerprint density at radius 1 is 1.12 bits per heavy atom. The quantitative estimate of drug-likeness (QED) is 0.916. The molecule has 0 saturated heterocycles. The lowest BCUT2D eigenvalue weighted by Gasteiger charge is -2.24. The van der Waals surface area contributed by atoms with Crippen LogP contribution in [0.5, 0.6) is 11.5 Å². The number of nitrogens with one attached hydrogen (secondary N) is 1. The number of amides is 1. The van der Waals surface area contributed by atoms with E-state index in [1.54, 1.807) is 12.1 Å². The molecule has 0 fully saturated rings. The van der Waals surface area contributed by atoms with Gasteiger partial charge in [-0.1, -0.05) is 18.2 Å². The Morgan fingerprint density at radius 3 is 2.58 bits per heavy atom. The smallest absolute Gasteiger partial charge is 0.231 e. The molecule has 0 spiro atoms. The highest BCUT2D eigenvalue weighted by atomic mass is 19.1. The number of halogens is 1. The SMILES string of the molecule is CC(C)(C(=O)NCCc1ccc(F)cc1)c1ccc2c(c1)OCO2. The summed E-state index contributed by atoms with van der Waals surface area (Å²) in [4.78, 5) is 12.6. The number of benzene rings is 2. The summed E-state index contributed by atoms with van der Waals surface area (Å²) in [5.74, 6) is 1.04. The van der Waals surface area contributed by atoms with Gasteiger partial charge in [-0.25, -0.2) is 4.39 Å². The molecule has 24 heavy (non-hydrogen) atoms. The van der Waals surface area contributed by atoms with E-state index >= 15 is 0 Å². The molecule has 0 aromatic heterocycles. The highest BCUT2D eigenvalue weighted by molar-refractivity contribution is 5.87. The van der Waals surface area contributed by atoms with Crippen molar-refractivity contribution in [2.45, 2.75) is 25.7 Å². The molecule has 1 aliphatic heterocycles. The summed E-state index contributed by atoms with van der Waals surface area (Å²) in [5.41, 5.74) is 1.16. The molecule has 0 aliphatic carbocycles. The maximum absolute atomic E-state index is 12.9. The van der Waals surface area contributed by atoms with Gasteiger partial charge in [0.25, 0.3) is 0 Å². The van der Waals surface area contributed by atoms with Crippen LogP contribution >= 0.6 is 0 Å². The second kappa shape index (κ2) is 6.51. The molecule has 0 unspecified atom stereocenters. The zero-order valence-corrected chi connectivity index (χ0v) is 13.8. The van der Waals surface area contributed by atoms with Crippen molar-refractivity contribution in [1.82, 2.24) is 5.32 Å². The average Bonchev–Trinajstić information content (AvgIpc) is 3.04. The molecular weight excluding hydrogens is 309 g/mol.